The van der Waals surface area contributed by atoms with E-state index in [0.29, 0.717) is 11.3 Å². The summed E-state index contributed by atoms with van der Waals surface area (Å²) in [5.41, 5.74) is 4.15. The number of rotatable bonds is 7. The Kier molecular flexibility index (Phi) is 6.64. The molecule has 0 heterocycles. The van der Waals surface area contributed by atoms with E-state index in [1.54, 1.807) is 25.3 Å². The molecular formula is C15H22N2O2. The molecule has 0 radical (unpaired) electrons. The van der Waals surface area contributed by atoms with Crippen molar-refractivity contribution in [3.63, 3.8) is 0 Å². The molecule has 19 heavy (non-hydrogen) atoms. The number of nitrogens with one attached hydrogen (secondary N) is 1. The smallest absolute Gasteiger partial charge is 0.275 e. The molecule has 4 heteroatoms. The van der Waals surface area contributed by atoms with Gasteiger partial charge < -0.3 is 4.74 Å². The third kappa shape index (κ3) is 4.73. The van der Waals surface area contributed by atoms with Crippen LogP contribution in [0.2, 0.25) is 0 Å². The molecule has 0 bridgehead atoms. The van der Waals surface area contributed by atoms with Crippen LogP contribution in [-0.4, -0.2) is 18.7 Å². The Bertz CT molecular complexity index is 434. The highest BCUT2D eigenvalue weighted by atomic mass is 16.5. The van der Waals surface area contributed by atoms with E-state index in [9.17, 15) is 4.79 Å². The van der Waals surface area contributed by atoms with Gasteiger partial charge in [0.15, 0.2) is 0 Å². The number of ether oxygens (including phenoxy) is 1. The van der Waals surface area contributed by atoms with Gasteiger partial charge in [0.05, 0.1) is 12.7 Å². The van der Waals surface area contributed by atoms with Crippen LogP contribution in [0.4, 0.5) is 0 Å². The van der Waals surface area contributed by atoms with Crippen LogP contribution >= 0.6 is 0 Å². The maximum Gasteiger partial charge on any atom is 0.275 e. The Hall–Kier alpha value is -1.84. The minimum atomic E-state index is -0.234. The Labute approximate surface area is 114 Å². The number of hydrazone groups is 1. The molecule has 1 aromatic rings. The molecule has 0 aromatic heterocycles. The Morgan fingerprint density at radius 3 is 2.42 bits per heavy atom. The predicted molar refractivity (Wildman–Crippen MR) is 77.7 cm³/mol. The summed E-state index contributed by atoms with van der Waals surface area (Å²) in [6, 6.07) is 7.12. The lowest BCUT2D eigenvalue weighted by Crippen LogP contribution is -2.20. The van der Waals surface area contributed by atoms with Crippen LogP contribution in [0, 0.1) is 0 Å². The lowest BCUT2D eigenvalue weighted by atomic mass is 10.1. The van der Waals surface area contributed by atoms with Crippen LogP contribution in [0.3, 0.4) is 0 Å². The molecule has 104 valence electrons. The third-order valence-electron chi connectivity index (χ3n) is 2.74. The maximum absolute atomic E-state index is 12.0. The second-order valence-corrected chi connectivity index (χ2v) is 4.32. The molecule has 0 saturated carbocycles. The molecule has 0 saturated heterocycles. The van der Waals surface area contributed by atoms with Crippen LogP contribution in [0.1, 0.15) is 49.9 Å². The third-order valence-corrected chi connectivity index (χ3v) is 2.74. The molecule has 4 nitrogen and oxygen atoms in total. The fourth-order valence-electron chi connectivity index (χ4n) is 1.84. The molecule has 1 rings (SSSR count). The monoisotopic (exact) mass is 262 g/mol. The number of amides is 1. The highest BCUT2D eigenvalue weighted by Gasteiger charge is 2.10. The Morgan fingerprint density at radius 1 is 1.21 bits per heavy atom. The zero-order valence-corrected chi connectivity index (χ0v) is 11.9. The average molecular weight is 262 g/mol. The topological polar surface area (TPSA) is 50.7 Å². The first kappa shape index (κ1) is 15.2. The van der Waals surface area contributed by atoms with E-state index < -0.39 is 0 Å². The van der Waals surface area contributed by atoms with Gasteiger partial charge in [-0.15, -0.1) is 0 Å². The first-order chi connectivity index (χ1) is 9.22. The fourth-order valence-corrected chi connectivity index (χ4v) is 1.84. The highest BCUT2D eigenvalue weighted by Crippen LogP contribution is 2.16. The molecular weight excluding hydrogens is 240 g/mol. The molecule has 0 aliphatic heterocycles. The molecule has 1 N–H and O–H groups in total. The van der Waals surface area contributed by atoms with Gasteiger partial charge in [-0.2, -0.15) is 5.10 Å². The minimum Gasteiger partial charge on any atom is -0.496 e. The van der Waals surface area contributed by atoms with Crippen molar-refractivity contribution in [3.8, 4) is 5.75 Å². The number of para-hydroxylation sites is 1. The van der Waals surface area contributed by atoms with Gasteiger partial charge in [0.2, 0.25) is 0 Å². The molecule has 1 aromatic carbocycles. The van der Waals surface area contributed by atoms with Crippen molar-refractivity contribution in [2.75, 3.05) is 7.11 Å². The number of hydrogen-bond donors (Lipinski definition) is 1. The van der Waals surface area contributed by atoms with Gasteiger partial charge in [0.25, 0.3) is 5.91 Å². The van der Waals surface area contributed by atoms with Gasteiger partial charge in [-0.25, -0.2) is 5.43 Å². The normalized spacial score (nSPS) is 9.84. The molecule has 0 aliphatic rings. The number of hydrogen-bond acceptors (Lipinski definition) is 3. The van der Waals surface area contributed by atoms with E-state index in [-0.39, 0.29) is 5.91 Å². The van der Waals surface area contributed by atoms with Gasteiger partial charge >= 0.3 is 0 Å². The highest BCUT2D eigenvalue weighted by molar-refractivity contribution is 5.97. The second-order valence-electron chi connectivity index (χ2n) is 4.32. The molecule has 1 amide bonds. The van der Waals surface area contributed by atoms with Crippen LogP contribution in [-0.2, 0) is 0 Å². The first-order valence-corrected chi connectivity index (χ1v) is 6.71. The van der Waals surface area contributed by atoms with E-state index in [2.05, 4.69) is 24.4 Å². The number of benzene rings is 1. The van der Waals surface area contributed by atoms with Crippen molar-refractivity contribution in [2.24, 2.45) is 5.10 Å². The lowest BCUT2D eigenvalue weighted by molar-refractivity contribution is 0.0951. The summed E-state index contributed by atoms with van der Waals surface area (Å²) >= 11 is 0. The number of nitrogens with zero attached hydrogens (tertiary/aromatic N) is 1. The number of carbonyl (C=O) groups excluding carboxylic acids is 1. The van der Waals surface area contributed by atoms with E-state index in [1.807, 2.05) is 6.07 Å². The van der Waals surface area contributed by atoms with Crippen molar-refractivity contribution in [3.05, 3.63) is 29.8 Å². The predicted octanol–water partition coefficient (Wildman–Crippen LogP) is 3.38. The minimum absolute atomic E-state index is 0.234. The standard InChI is InChI=1S/C15H22N2O2/c1-4-8-12(9-5-2)16-17-15(18)13-10-6-7-11-14(13)19-3/h6-7,10-11H,4-5,8-9H2,1-3H3,(H,17,18). The number of methoxy groups -OCH3 is 1. The van der Waals surface area contributed by atoms with Crippen molar-refractivity contribution in [1.29, 1.82) is 0 Å². The zero-order valence-electron chi connectivity index (χ0n) is 11.9. The van der Waals surface area contributed by atoms with E-state index in [0.717, 1.165) is 31.4 Å². The largest absolute Gasteiger partial charge is 0.496 e. The molecule has 0 spiro atoms. The first-order valence-electron chi connectivity index (χ1n) is 6.71. The summed E-state index contributed by atoms with van der Waals surface area (Å²) in [5, 5.41) is 4.22. The molecule has 0 aliphatic carbocycles. The summed E-state index contributed by atoms with van der Waals surface area (Å²) in [4.78, 5) is 12.0. The van der Waals surface area contributed by atoms with Crippen LogP contribution < -0.4 is 10.2 Å². The quantitative estimate of drug-likeness (QED) is 0.605. The van der Waals surface area contributed by atoms with Gasteiger partial charge in [-0.3, -0.25) is 4.79 Å². The fraction of sp³-hybridized carbons (Fsp3) is 0.467. The summed E-state index contributed by atoms with van der Waals surface area (Å²) in [6.45, 7) is 4.21. The molecule has 0 unspecified atom stereocenters. The lowest BCUT2D eigenvalue weighted by Gasteiger charge is -2.08. The molecule has 0 atom stereocenters. The van der Waals surface area contributed by atoms with Crippen LogP contribution in [0.5, 0.6) is 5.75 Å². The van der Waals surface area contributed by atoms with Gasteiger partial charge in [-0.1, -0.05) is 38.8 Å². The second kappa shape index (κ2) is 8.29. The van der Waals surface area contributed by atoms with Gasteiger partial charge in [-0.05, 0) is 25.0 Å². The van der Waals surface area contributed by atoms with Crippen molar-refractivity contribution < 1.29 is 9.53 Å². The Balaban J connectivity index is 2.75. The van der Waals surface area contributed by atoms with Crippen LogP contribution in [0.15, 0.2) is 29.4 Å². The maximum atomic E-state index is 12.0. The van der Waals surface area contributed by atoms with E-state index >= 15 is 0 Å². The van der Waals surface area contributed by atoms with Crippen LogP contribution in [0.25, 0.3) is 0 Å². The van der Waals surface area contributed by atoms with E-state index in [4.69, 9.17) is 4.74 Å². The van der Waals surface area contributed by atoms with Crippen molar-refractivity contribution in [1.82, 2.24) is 5.43 Å². The van der Waals surface area contributed by atoms with E-state index in [1.165, 1.54) is 0 Å². The summed E-state index contributed by atoms with van der Waals surface area (Å²) < 4.78 is 5.16. The van der Waals surface area contributed by atoms with Gasteiger partial charge in [0, 0.05) is 5.71 Å². The zero-order chi connectivity index (χ0) is 14.1. The summed E-state index contributed by atoms with van der Waals surface area (Å²) in [5.74, 6) is 0.324. The SMILES string of the molecule is CCCC(CCC)=NNC(=O)c1ccccc1OC. The molecule has 0 fully saturated rings. The Morgan fingerprint density at radius 2 is 1.84 bits per heavy atom. The number of carbonyl (C=O) groups is 1. The van der Waals surface area contributed by atoms with Crippen molar-refractivity contribution >= 4 is 11.6 Å². The van der Waals surface area contributed by atoms with Crippen molar-refractivity contribution in [2.45, 2.75) is 39.5 Å². The average Bonchev–Trinajstić information content (AvgIpc) is 2.44. The summed E-state index contributed by atoms with van der Waals surface area (Å²) in [7, 11) is 1.55. The van der Waals surface area contributed by atoms with Gasteiger partial charge in [0.1, 0.15) is 5.75 Å². The summed E-state index contributed by atoms with van der Waals surface area (Å²) in [6.07, 6.45) is 3.90.